The SMILES string of the molecule is C[C@H](Nc1cc(F)ccc1OC[C@H]1CCCO1)c1ccncc1. The summed E-state index contributed by atoms with van der Waals surface area (Å²) in [4.78, 5) is 4.01. The van der Waals surface area contributed by atoms with Gasteiger partial charge in [0, 0.05) is 31.1 Å². The molecule has 0 amide bonds. The normalized spacial score (nSPS) is 18.6. The number of ether oxygens (including phenoxy) is 2. The van der Waals surface area contributed by atoms with Gasteiger partial charge in [-0.25, -0.2) is 4.39 Å². The first-order valence-electron chi connectivity index (χ1n) is 7.93. The van der Waals surface area contributed by atoms with Crippen LogP contribution in [0.25, 0.3) is 0 Å². The van der Waals surface area contributed by atoms with Crippen LogP contribution in [-0.4, -0.2) is 24.3 Å². The number of anilines is 1. The van der Waals surface area contributed by atoms with Crippen LogP contribution < -0.4 is 10.1 Å². The van der Waals surface area contributed by atoms with Crippen LogP contribution in [0.4, 0.5) is 10.1 Å². The van der Waals surface area contributed by atoms with Crippen LogP contribution in [0.1, 0.15) is 31.4 Å². The van der Waals surface area contributed by atoms with Crippen molar-refractivity contribution in [3.63, 3.8) is 0 Å². The van der Waals surface area contributed by atoms with Crippen molar-refractivity contribution < 1.29 is 13.9 Å². The van der Waals surface area contributed by atoms with Gasteiger partial charge >= 0.3 is 0 Å². The molecule has 4 nitrogen and oxygen atoms in total. The van der Waals surface area contributed by atoms with Gasteiger partial charge in [0.05, 0.1) is 11.8 Å². The molecule has 23 heavy (non-hydrogen) atoms. The molecule has 0 unspecified atom stereocenters. The molecule has 1 aliphatic rings. The summed E-state index contributed by atoms with van der Waals surface area (Å²) < 4.78 is 25.0. The summed E-state index contributed by atoms with van der Waals surface area (Å²) in [6.45, 7) is 3.30. The summed E-state index contributed by atoms with van der Waals surface area (Å²) in [5.74, 6) is 0.349. The van der Waals surface area contributed by atoms with Gasteiger partial charge in [-0.05, 0) is 49.6 Å². The Labute approximate surface area is 135 Å². The number of benzene rings is 1. The Morgan fingerprint density at radius 2 is 2.17 bits per heavy atom. The fourth-order valence-electron chi connectivity index (χ4n) is 2.67. The molecule has 122 valence electrons. The summed E-state index contributed by atoms with van der Waals surface area (Å²) in [5, 5.41) is 3.31. The van der Waals surface area contributed by atoms with Crippen molar-refractivity contribution in [3.05, 3.63) is 54.1 Å². The molecule has 3 rings (SSSR count). The lowest BCUT2D eigenvalue weighted by molar-refractivity contribution is 0.0681. The van der Waals surface area contributed by atoms with E-state index >= 15 is 0 Å². The Bertz CT molecular complexity index is 630. The molecule has 5 heteroatoms. The Kier molecular flexibility index (Phi) is 5.08. The smallest absolute Gasteiger partial charge is 0.142 e. The van der Waals surface area contributed by atoms with Crippen LogP contribution >= 0.6 is 0 Å². The minimum absolute atomic E-state index is 0.0184. The average Bonchev–Trinajstić information content (AvgIpc) is 3.08. The molecule has 0 radical (unpaired) electrons. The standard InChI is InChI=1S/C18H21FN2O2/c1-13(14-6-8-20-9-7-14)21-17-11-15(19)4-5-18(17)23-12-16-3-2-10-22-16/h4-9,11,13,16,21H,2-3,10,12H2,1H3/t13-,16+/m0/s1. The molecule has 2 aromatic rings. The Morgan fingerprint density at radius 1 is 1.35 bits per heavy atom. The Balaban J connectivity index is 1.70. The van der Waals surface area contributed by atoms with E-state index in [9.17, 15) is 4.39 Å². The number of hydrogen-bond acceptors (Lipinski definition) is 4. The zero-order chi connectivity index (χ0) is 16.1. The average molecular weight is 316 g/mol. The van der Waals surface area contributed by atoms with Crippen LogP contribution in [0, 0.1) is 5.82 Å². The molecule has 2 atom stereocenters. The van der Waals surface area contributed by atoms with E-state index in [0.29, 0.717) is 18.0 Å². The number of pyridine rings is 1. The molecule has 0 spiro atoms. The Hall–Kier alpha value is -2.14. The predicted molar refractivity (Wildman–Crippen MR) is 87.1 cm³/mol. The van der Waals surface area contributed by atoms with Crippen LogP contribution in [0.2, 0.25) is 0 Å². The molecule has 1 N–H and O–H groups in total. The topological polar surface area (TPSA) is 43.4 Å². The molecule has 1 saturated heterocycles. The van der Waals surface area contributed by atoms with Gasteiger partial charge in [0.25, 0.3) is 0 Å². The molecule has 0 bridgehead atoms. The second-order valence-corrected chi connectivity index (χ2v) is 5.73. The third-order valence-electron chi connectivity index (χ3n) is 3.97. The van der Waals surface area contributed by atoms with E-state index in [1.54, 1.807) is 18.5 Å². The molecular formula is C18H21FN2O2. The van der Waals surface area contributed by atoms with Gasteiger partial charge in [-0.15, -0.1) is 0 Å². The minimum Gasteiger partial charge on any atom is -0.489 e. The van der Waals surface area contributed by atoms with E-state index in [4.69, 9.17) is 9.47 Å². The monoisotopic (exact) mass is 316 g/mol. The largest absolute Gasteiger partial charge is 0.489 e. The number of halogens is 1. The van der Waals surface area contributed by atoms with E-state index in [1.165, 1.54) is 12.1 Å². The van der Waals surface area contributed by atoms with E-state index < -0.39 is 0 Å². The Morgan fingerprint density at radius 3 is 2.91 bits per heavy atom. The maximum Gasteiger partial charge on any atom is 0.142 e. The summed E-state index contributed by atoms with van der Waals surface area (Å²) in [6, 6.07) is 8.42. The summed E-state index contributed by atoms with van der Waals surface area (Å²) in [5.41, 5.74) is 1.72. The van der Waals surface area contributed by atoms with Gasteiger partial charge in [0.15, 0.2) is 0 Å². The molecular weight excluding hydrogens is 295 g/mol. The van der Waals surface area contributed by atoms with E-state index in [2.05, 4.69) is 10.3 Å². The van der Waals surface area contributed by atoms with Crippen molar-refractivity contribution in [3.8, 4) is 5.75 Å². The summed E-state index contributed by atoms with van der Waals surface area (Å²) >= 11 is 0. The van der Waals surface area contributed by atoms with Crippen molar-refractivity contribution in [2.75, 3.05) is 18.5 Å². The van der Waals surface area contributed by atoms with Crippen LogP contribution in [-0.2, 0) is 4.74 Å². The predicted octanol–water partition coefficient (Wildman–Crippen LogP) is 3.95. The van der Waals surface area contributed by atoms with E-state index in [0.717, 1.165) is 25.0 Å². The van der Waals surface area contributed by atoms with Gasteiger partial charge in [-0.3, -0.25) is 4.98 Å². The molecule has 1 aromatic heterocycles. The number of nitrogens with one attached hydrogen (secondary N) is 1. The third-order valence-corrected chi connectivity index (χ3v) is 3.97. The maximum atomic E-state index is 13.6. The molecule has 0 aliphatic carbocycles. The first-order valence-corrected chi connectivity index (χ1v) is 7.93. The fraction of sp³-hybridized carbons (Fsp3) is 0.389. The minimum atomic E-state index is -0.293. The number of hydrogen-bond donors (Lipinski definition) is 1. The highest BCUT2D eigenvalue weighted by molar-refractivity contribution is 5.57. The number of rotatable bonds is 6. The van der Waals surface area contributed by atoms with E-state index in [-0.39, 0.29) is 18.0 Å². The highest BCUT2D eigenvalue weighted by Gasteiger charge is 2.17. The third kappa shape index (κ3) is 4.20. The second kappa shape index (κ2) is 7.42. The van der Waals surface area contributed by atoms with Crippen LogP contribution in [0.5, 0.6) is 5.75 Å². The van der Waals surface area contributed by atoms with Crippen molar-refractivity contribution >= 4 is 5.69 Å². The van der Waals surface area contributed by atoms with Gasteiger partial charge in [0.1, 0.15) is 18.2 Å². The van der Waals surface area contributed by atoms with Crippen molar-refractivity contribution in [2.24, 2.45) is 0 Å². The van der Waals surface area contributed by atoms with Crippen molar-refractivity contribution in [1.29, 1.82) is 0 Å². The van der Waals surface area contributed by atoms with Gasteiger partial charge in [0.2, 0.25) is 0 Å². The first kappa shape index (κ1) is 15.7. The van der Waals surface area contributed by atoms with Gasteiger partial charge in [-0.2, -0.15) is 0 Å². The molecule has 2 heterocycles. The van der Waals surface area contributed by atoms with Crippen molar-refractivity contribution in [1.82, 2.24) is 4.98 Å². The number of aromatic nitrogens is 1. The zero-order valence-electron chi connectivity index (χ0n) is 13.2. The molecule has 1 fully saturated rings. The van der Waals surface area contributed by atoms with Crippen LogP contribution in [0.3, 0.4) is 0 Å². The molecule has 1 aromatic carbocycles. The zero-order valence-corrected chi connectivity index (χ0v) is 13.2. The maximum absolute atomic E-state index is 13.6. The first-order chi connectivity index (χ1) is 11.2. The quantitative estimate of drug-likeness (QED) is 0.876. The van der Waals surface area contributed by atoms with Gasteiger partial charge < -0.3 is 14.8 Å². The highest BCUT2D eigenvalue weighted by Crippen LogP contribution is 2.29. The lowest BCUT2D eigenvalue weighted by Gasteiger charge is -2.19. The lowest BCUT2D eigenvalue weighted by Crippen LogP contribution is -2.17. The summed E-state index contributed by atoms with van der Waals surface area (Å²) in [6.07, 6.45) is 5.70. The number of nitrogens with zero attached hydrogens (tertiary/aromatic N) is 1. The highest BCUT2D eigenvalue weighted by atomic mass is 19.1. The van der Waals surface area contributed by atoms with Gasteiger partial charge in [-0.1, -0.05) is 0 Å². The molecule has 1 aliphatic heterocycles. The summed E-state index contributed by atoms with van der Waals surface area (Å²) in [7, 11) is 0. The van der Waals surface area contributed by atoms with Crippen LogP contribution in [0.15, 0.2) is 42.7 Å². The molecule has 0 saturated carbocycles. The fourth-order valence-corrected chi connectivity index (χ4v) is 2.67. The van der Waals surface area contributed by atoms with E-state index in [1.807, 2.05) is 19.1 Å². The van der Waals surface area contributed by atoms with Crippen molar-refractivity contribution in [2.45, 2.75) is 31.9 Å². The lowest BCUT2D eigenvalue weighted by atomic mass is 10.1. The second-order valence-electron chi connectivity index (χ2n) is 5.73.